The molecule has 6 rings (SSSR count). The predicted octanol–water partition coefficient (Wildman–Crippen LogP) is 4.69. The molecule has 0 atom stereocenters. The van der Waals surface area contributed by atoms with Gasteiger partial charge in [0, 0.05) is 0 Å². The SMILES string of the molecule is C/C=C\[Si]12O[Si]3(/C=C/C)O[Si]4(/C=C/C)O[Si]5(/C=C\C)O[Si](/C=C/C)(O3)O[Si](/C=C/C)(O1)O[Si](/C=C/C)(O5)O[Si](/C=C/C)(O2)O4. The summed E-state index contributed by atoms with van der Waals surface area (Å²) in [7, 11) is -32.5. The molecule has 6 aliphatic rings. The van der Waals surface area contributed by atoms with Gasteiger partial charge in [-0.1, -0.05) is 48.6 Å². The molecule has 44 heavy (non-hydrogen) atoms. The van der Waals surface area contributed by atoms with Crippen molar-refractivity contribution in [2.75, 3.05) is 0 Å². The van der Waals surface area contributed by atoms with E-state index in [0.29, 0.717) is 0 Å². The van der Waals surface area contributed by atoms with Crippen molar-refractivity contribution in [2.45, 2.75) is 55.4 Å². The lowest BCUT2D eigenvalue weighted by Crippen LogP contribution is -2.87. The summed E-state index contributed by atoms with van der Waals surface area (Å²) >= 11 is 0. The van der Waals surface area contributed by atoms with Crippen LogP contribution in [0.3, 0.4) is 0 Å². The highest BCUT2D eigenvalue weighted by atomic mass is 28.6. The predicted molar refractivity (Wildman–Crippen MR) is 178 cm³/mol. The summed E-state index contributed by atoms with van der Waals surface area (Å²) in [4.78, 5) is 0. The third kappa shape index (κ3) is 6.24. The molecule has 0 radical (unpaired) electrons. The molecule has 0 aliphatic carbocycles. The Morgan fingerprint density at radius 2 is 0.295 bits per heavy atom. The molecule has 8 bridgehead atoms. The Morgan fingerprint density at radius 3 is 0.364 bits per heavy atom. The van der Waals surface area contributed by atoms with Crippen LogP contribution in [0.5, 0.6) is 0 Å². The Labute approximate surface area is 268 Å². The van der Waals surface area contributed by atoms with E-state index in [4.69, 9.17) is 49.4 Å². The average Bonchev–Trinajstić information content (AvgIpc) is 2.85. The fourth-order valence-corrected chi connectivity index (χ4v) is 47.2. The van der Waals surface area contributed by atoms with E-state index in [1.807, 2.05) is 55.4 Å². The van der Waals surface area contributed by atoms with E-state index < -0.39 is 70.4 Å². The van der Waals surface area contributed by atoms with Crippen molar-refractivity contribution in [3.05, 3.63) is 94.2 Å². The van der Waals surface area contributed by atoms with Crippen LogP contribution < -0.4 is 0 Å². The van der Waals surface area contributed by atoms with E-state index in [1.54, 1.807) is 94.2 Å². The standard InChI is InChI=1S/C24H40O12Si8/c1-9-17-37-25-38(18-10-2)28-41(21-13-5)30-39(26-37,19-11-3)32-43(23-15-7)33-40(27-37,20-12-4)31-42(29-38,22-14-6)35-44(34-41,36-43)24-16-8/h9-24H,1-8H3/b17-9-,18-10+,19-11+,20-12+,21-13+,22-14+,23-15+,24-16-. The normalized spacial score (nSPS) is 47.8. The van der Waals surface area contributed by atoms with Gasteiger partial charge in [0.05, 0.1) is 0 Å². The third-order valence-electron chi connectivity index (χ3n) is 6.38. The van der Waals surface area contributed by atoms with Crippen LogP contribution in [-0.2, 0) is 49.4 Å². The van der Waals surface area contributed by atoms with Crippen LogP contribution in [0.2, 0.25) is 0 Å². The van der Waals surface area contributed by atoms with Crippen LogP contribution in [0.25, 0.3) is 0 Å². The highest BCUT2D eigenvalue weighted by Gasteiger charge is 2.81. The topological polar surface area (TPSA) is 111 Å². The lowest BCUT2D eigenvalue weighted by molar-refractivity contribution is -0.00602. The second kappa shape index (κ2) is 12.7. The lowest BCUT2D eigenvalue weighted by atomic mass is 10.8. The zero-order valence-electron chi connectivity index (χ0n) is 26.1. The second-order valence-corrected chi connectivity index (χ2v) is 32.2. The summed E-state index contributed by atoms with van der Waals surface area (Å²) in [6, 6.07) is 0. The fraction of sp³-hybridized carbons (Fsp3) is 0.333. The molecule has 6 fully saturated rings. The van der Waals surface area contributed by atoms with Crippen molar-refractivity contribution in [1.29, 1.82) is 0 Å². The maximum Gasteiger partial charge on any atom is 0.507 e. The van der Waals surface area contributed by atoms with E-state index in [9.17, 15) is 0 Å². The Hall–Kier alpha value is -0.825. The van der Waals surface area contributed by atoms with Gasteiger partial charge in [-0.15, -0.1) is 0 Å². The van der Waals surface area contributed by atoms with Crippen LogP contribution in [-0.4, -0.2) is 70.4 Å². The molecule has 0 saturated carbocycles. The highest BCUT2D eigenvalue weighted by Crippen LogP contribution is 2.50. The Bertz CT molecular complexity index is 977. The summed E-state index contributed by atoms with van der Waals surface area (Å²) in [6.07, 6.45) is 14.4. The van der Waals surface area contributed by atoms with Crippen LogP contribution in [0, 0.1) is 0 Å². The first kappa shape index (κ1) is 34.5. The van der Waals surface area contributed by atoms with Gasteiger partial charge in [0.1, 0.15) is 0 Å². The summed E-state index contributed by atoms with van der Waals surface area (Å²) in [6.45, 7) is 14.8. The molecular formula is C24H40O12Si8. The Morgan fingerprint density at radius 1 is 0.205 bits per heavy atom. The molecule has 12 nitrogen and oxygen atoms in total. The summed E-state index contributed by atoms with van der Waals surface area (Å²) in [5.41, 5.74) is 14.0. The van der Waals surface area contributed by atoms with Crippen LogP contribution in [0.4, 0.5) is 0 Å². The first-order valence-electron chi connectivity index (χ1n) is 14.5. The van der Waals surface area contributed by atoms with Gasteiger partial charge in [0.15, 0.2) is 0 Å². The fourth-order valence-electron chi connectivity index (χ4n) is 5.33. The molecule has 0 aromatic heterocycles. The smallest absolute Gasteiger partial charge is 0.367 e. The quantitative estimate of drug-likeness (QED) is 0.322. The third-order valence-corrected chi connectivity index (χ3v) is 39.6. The van der Waals surface area contributed by atoms with Crippen molar-refractivity contribution < 1.29 is 49.4 Å². The summed E-state index contributed by atoms with van der Waals surface area (Å²) in [5, 5.41) is 0. The monoisotopic (exact) mass is 744 g/mol. The van der Waals surface area contributed by atoms with Gasteiger partial charge in [0.2, 0.25) is 0 Å². The summed E-state index contributed by atoms with van der Waals surface area (Å²) < 4.78 is 84.9. The zero-order chi connectivity index (χ0) is 31.8. The molecule has 20 heteroatoms. The molecule has 6 aliphatic heterocycles. The first-order chi connectivity index (χ1) is 21.0. The van der Waals surface area contributed by atoms with Crippen molar-refractivity contribution in [3.8, 4) is 0 Å². The molecule has 0 aromatic rings. The molecule has 6 saturated heterocycles. The van der Waals surface area contributed by atoms with Gasteiger partial charge in [-0.25, -0.2) is 0 Å². The van der Waals surface area contributed by atoms with Crippen molar-refractivity contribution in [3.63, 3.8) is 0 Å². The minimum Gasteiger partial charge on any atom is -0.367 e. The molecule has 0 aromatic carbocycles. The van der Waals surface area contributed by atoms with Gasteiger partial charge in [-0.3, -0.25) is 0 Å². The van der Waals surface area contributed by atoms with Crippen molar-refractivity contribution in [2.24, 2.45) is 0 Å². The Balaban J connectivity index is 1.99. The largest absolute Gasteiger partial charge is 0.507 e. The molecular weight excluding hydrogens is 705 g/mol. The molecule has 0 spiro atoms. The molecule has 0 N–H and O–H groups in total. The lowest BCUT2D eigenvalue weighted by Gasteiger charge is -2.60. The maximum atomic E-state index is 7.08. The number of hydrogen-bond donors (Lipinski definition) is 0. The highest BCUT2D eigenvalue weighted by molar-refractivity contribution is 7.07. The van der Waals surface area contributed by atoms with Crippen molar-refractivity contribution >= 4 is 70.4 Å². The molecule has 0 amide bonds. The van der Waals surface area contributed by atoms with Gasteiger partial charge in [-0.05, 0) is 101 Å². The number of allylic oxidation sites excluding steroid dienone is 8. The van der Waals surface area contributed by atoms with E-state index >= 15 is 0 Å². The zero-order valence-corrected chi connectivity index (χ0v) is 34.1. The van der Waals surface area contributed by atoms with Gasteiger partial charge >= 0.3 is 70.4 Å². The summed E-state index contributed by atoms with van der Waals surface area (Å²) in [5.74, 6) is 0. The molecule has 240 valence electrons. The van der Waals surface area contributed by atoms with Crippen LogP contribution in [0.1, 0.15) is 55.4 Å². The van der Waals surface area contributed by atoms with Gasteiger partial charge in [0.25, 0.3) is 0 Å². The number of hydrogen-bond acceptors (Lipinski definition) is 12. The van der Waals surface area contributed by atoms with E-state index in [1.165, 1.54) is 0 Å². The molecule has 0 unspecified atom stereocenters. The van der Waals surface area contributed by atoms with Gasteiger partial charge in [-0.2, -0.15) is 0 Å². The van der Waals surface area contributed by atoms with Crippen molar-refractivity contribution in [1.82, 2.24) is 0 Å². The van der Waals surface area contributed by atoms with E-state index in [-0.39, 0.29) is 0 Å². The molecule has 6 heterocycles. The van der Waals surface area contributed by atoms with Crippen LogP contribution >= 0.6 is 0 Å². The van der Waals surface area contributed by atoms with E-state index in [0.717, 1.165) is 0 Å². The first-order valence-corrected chi connectivity index (χ1v) is 28.9. The second-order valence-electron chi connectivity index (χ2n) is 10.1. The average molecular weight is 745 g/mol. The van der Waals surface area contributed by atoms with Crippen LogP contribution in [0.15, 0.2) is 94.2 Å². The minimum absolute atomic E-state index is 1.75. The van der Waals surface area contributed by atoms with Gasteiger partial charge < -0.3 is 49.4 Å². The van der Waals surface area contributed by atoms with E-state index in [2.05, 4.69) is 0 Å². The minimum atomic E-state index is -4.06. The maximum absolute atomic E-state index is 7.08. The Kier molecular flexibility index (Phi) is 9.92. The number of rotatable bonds is 8.